The van der Waals surface area contributed by atoms with E-state index in [-0.39, 0.29) is 5.75 Å². The Morgan fingerprint density at radius 2 is 1.79 bits per heavy atom. The number of benzene rings is 2. The van der Waals surface area contributed by atoms with Crippen LogP contribution >= 0.6 is 0 Å². The van der Waals surface area contributed by atoms with Crippen molar-refractivity contribution in [3.63, 3.8) is 0 Å². The van der Waals surface area contributed by atoms with Crippen LogP contribution < -0.4 is 10.5 Å². The summed E-state index contributed by atoms with van der Waals surface area (Å²) in [7, 11) is 0. The summed E-state index contributed by atoms with van der Waals surface area (Å²) in [5, 5.41) is 0. The lowest BCUT2D eigenvalue weighted by Crippen LogP contribution is -2.17. The van der Waals surface area contributed by atoms with Crippen molar-refractivity contribution < 1.29 is 17.9 Å². The van der Waals surface area contributed by atoms with Crippen molar-refractivity contribution in [2.45, 2.75) is 13.3 Å². The predicted octanol–water partition coefficient (Wildman–Crippen LogP) is 4.33. The number of aromatic nitrogens is 2. The maximum atomic E-state index is 12.2. The monoisotopic (exact) mass is 333 g/mol. The van der Waals surface area contributed by atoms with E-state index in [2.05, 4.69) is 9.72 Å². The molecule has 0 atom stereocenters. The minimum atomic E-state index is -4.70. The van der Waals surface area contributed by atoms with Crippen LogP contribution in [0.4, 0.5) is 18.9 Å². The molecule has 124 valence electrons. The number of halogens is 3. The minimum Gasteiger partial charge on any atom is -0.406 e. The molecule has 0 amide bonds. The Balaban J connectivity index is 1.84. The second kappa shape index (κ2) is 5.92. The van der Waals surface area contributed by atoms with Crippen molar-refractivity contribution in [1.82, 2.24) is 9.55 Å². The molecule has 0 unspecified atom stereocenters. The predicted molar refractivity (Wildman–Crippen MR) is 84.8 cm³/mol. The summed E-state index contributed by atoms with van der Waals surface area (Å²) >= 11 is 0. The van der Waals surface area contributed by atoms with Gasteiger partial charge in [-0.3, -0.25) is 0 Å². The van der Waals surface area contributed by atoms with Gasteiger partial charge in [0, 0.05) is 23.1 Å². The number of hydrogen-bond acceptors (Lipinski definition) is 3. The van der Waals surface area contributed by atoms with Gasteiger partial charge in [-0.2, -0.15) is 0 Å². The smallest absolute Gasteiger partial charge is 0.406 e. The summed E-state index contributed by atoms with van der Waals surface area (Å²) in [5.74, 6) is -0.263. The maximum absolute atomic E-state index is 12.2. The highest BCUT2D eigenvalue weighted by atomic mass is 19.4. The van der Waals surface area contributed by atoms with E-state index in [4.69, 9.17) is 5.73 Å². The molecule has 2 aromatic carbocycles. The van der Waals surface area contributed by atoms with E-state index in [9.17, 15) is 13.2 Å². The number of rotatable bonds is 3. The molecule has 0 radical (unpaired) electrons. The first-order valence-electron chi connectivity index (χ1n) is 7.08. The van der Waals surface area contributed by atoms with Gasteiger partial charge in [-0.05, 0) is 48.9 Å². The molecule has 3 aromatic rings. The third-order valence-electron chi connectivity index (χ3n) is 3.52. The molecule has 0 aliphatic heterocycles. The fraction of sp³-hybridized carbons (Fsp3) is 0.118. The first-order valence-corrected chi connectivity index (χ1v) is 7.08. The lowest BCUT2D eigenvalue weighted by Gasteiger charge is -2.09. The number of nitrogens with zero attached hydrogens (tertiary/aromatic N) is 2. The Bertz CT molecular complexity index is 854. The molecule has 0 aliphatic carbocycles. The SMILES string of the molecule is Cc1cc(-c2cn(-c3ccc(OC(F)(F)F)cc3)cn2)ccc1N. The largest absolute Gasteiger partial charge is 0.573 e. The summed E-state index contributed by atoms with van der Waals surface area (Å²) in [4.78, 5) is 4.33. The number of ether oxygens (including phenoxy) is 1. The van der Waals surface area contributed by atoms with Crippen molar-refractivity contribution in [2.24, 2.45) is 0 Å². The highest BCUT2D eigenvalue weighted by Crippen LogP contribution is 2.25. The van der Waals surface area contributed by atoms with Crippen LogP contribution in [0.15, 0.2) is 55.0 Å². The zero-order chi connectivity index (χ0) is 17.3. The zero-order valence-corrected chi connectivity index (χ0v) is 12.7. The molecule has 7 heteroatoms. The van der Waals surface area contributed by atoms with E-state index in [1.807, 2.05) is 25.1 Å². The molecule has 0 saturated carbocycles. The lowest BCUT2D eigenvalue weighted by atomic mass is 10.1. The van der Waals surface area contributed by atoms with E-state index in [1.165, 1.54) is 24.3 Å². The minimum absolute atomic E-state index is 0.263. The number of imidazole rings is 1. The van der Waals surface area contributed by atoms with Gasteiger partial charge >= 0.3 is 6.36 Å². The number of hydrogen-bond donors (Lipinski definition) is 1. The summed E-state index contributed by atoms with van der Waals surface area (Å²) in [6.45, 7) is 1.91. The molecule has 0 aliphatic rings. The van der Waals surface area contributed by atoms with Gasteiger partial charge < -0.3 is 15.0 Å². The van der Waals surface area contributed by atoms with Crippen molar-refractivity contribution >= 4 is 5.69 Å². The quantitative estimate of drug-likeness (QED) is 0.726. The van der Waals surface area contributed by atoms with E-state index >= 15 is 0 Å². The lowest BCUT2D eigenvalue weighted by molar-refractivity contribution is -0.274. The van der Waals surface area contributed by atoms with Crippen molar-refractivity contribution in [3.05, 3.63) is 60.6 Å². The first kappa shape index (κ1) is 15.9. The van der Waals surface area contributed by atoms with E-state index in [0.717, 1.165) is 16.8 Å². The van der Waals surface area contributed by atoms with E-state index < -0.39 is 6.36 Å². The molecule has 0 fully saturated rings. The van der Waals surface area contributed by atoms with Crippen LogP contribution in [0, 0.1) is 6.92 Å². The third-order valence-corrected chi connectivity index (χ3v) is 3.52. The summed E-state index contributed by atoms with van der Waals surface area (Å²) < 4.78 is 42.1. The molecule has 0 spiro atoms. The molecular formula is C17H14F3N3O. The van der Waals surface area contributed by atoms with Gasteiger partial charge in [0.05, 0.1) is 12.0 Å². The van der Waals surface area contributed by atoms with Gasteiger partial charge in [-0.25, -0.2) is 4.98 Å². The van der Waals surface area contributed by atoms with Gasteiger partial charge in [-0.15, -0.1) is 13.2 Å². The van der Waals surface area contributed by atoms with Crippen LogP contribution in [-0.2, 0) is 0 Å². The number of alkyl halides is 3. The highest BCUT2D eigenvalue weighted by molar-refractivity contribution is 5.64. The van der Waals surface area contributed by atoms with Gasteiger partial charge in [0.25, 0.3) is 0 Å². The first-order chi connectivity index (χ1) is 11.3. The van der Waals surface area contributed by atoms with Gasteiger partial charge in [0.2, 0.25) is 0 Å². The third kappa shape index (κ3) is 3.51. The standard InChI is InChI=1S/C17H14F3N3O/c1-11-8-12(2-7-15(11)21)16-9-23(10-22-16)13-3-5-14(6-4-13)24-17(18,19)20/h2-10H,21H2,1H3. The fourth-order valence-corrected chi connectivity index (χ4v) is 2.27. The van der Waals surface area contributed by atoms with Crippen LogP contribution in [0.2, 0.25) is 0 Å². The summed E-state index contributed by atoms with van der Waals surface area (Å²) in [5.41, 5.74) is 9.80. The van der Waals surface area contributed by atoms with Crippen molar-refractivity contribution in [2.75, 3.05) is 5.73 Å². The molecule has 1 aromatic heterocycles. The molecule has 4 nitrogen and oxygen atoms in total. The van der Waals surface area contributed by atoms with Crippen LogP contribution in [0.5, 0.6) is 5.75 Å². The van der Waals surface area contributed by atoms with Gasteiger partial charge in [0.1, 0.15) is 5.75 Å². The van der Waals surface area contributed by atoms with Crippen LogP contribution in [0.1, 0.15) is 5.56 Å². The second-order valence-electron chi connectivity index (χ2n) is 5.28. The molecule has 1 heterocycles. The summed E-state index contributed by atoms with van der Waals surface area (Å²) in [6.07, 6.45) is -1.30. The molecule has 24 heavy (non-hydrogen) atoms. The number of nitrogens with two attached hydrogens (primary N) is 1. The Morgan fingerprint density at radius 1 is 1.08 bits per heavy atom. The molecule has 3 rings (SSSR count). The normalized spacial score (nSPS) is 11.5. The fourth-order valence-electron chi connectivity index (χ4n) is 2.27. The zero-order valence-electron chi connectivity index (χ0n) is 12.7. The van der Waals surface area contributed by atoms with Crippen molar-refractivity contribution in [3.8, 4) is 22.7 Å². The highest BCUT2D eigenvalue weighted by Gasteiger charge is 2.30. The Kier molecular flexibility index (Phi) is 3.92. The summed E-state index contributed by atoms with van der Waals surface area (Å²) in [6, 6.07) is 11.2. The molecule has 2 N–H and O–H groups in total. The average Bonchev–Trinajstić information content (AvgIpc) is 2.99. The molecular weight excluding hydrogens is 319 g/mol. The maximum Gasteiger partial charge on any atom is 0.573 e. The van der Waals surface area contributed by atoms with E-state index in [0.29, 0.717) is 11.4 Å². The topological polar surface area (TPSA) is 53.1 Å². The van der Waals surface area contributed by atoms with Gasteiger partial charge in [-0.1, -0.05) is 6.07 Å². The number of anilines is 1. The molecule has 0 saturated heterocycles. The van der Waals surface area contributed by atoms with Crippen LogP contribution in [0.25, 0.3) is 16.9 Å². The van der Waals surface area contributed by atoms with E-state index in [1.54, 1.807) is 17.1 Å². The Hall–Kier alpha value is -2.96. The Morgan fingerprint density at radius 3 is 2.42 bits per heavy atom. The van der Waals surface area contributed by atoms with Crippen molar-refractivity contribution in [1.29, 1.82) is 0 Å². The molecule has 0 bridgehead atoms. The Labute approximate surface area is 136 Å². The van der Waals surface area contributed by atoms with Crippen LogP contribution in [-0.4, -0.2) is 15.9 Å². The number of aryl methyl sites for hydroxylation is 1. The average molecular weight is 333 g/mol. The van der Waals surface area contributed by atoms with Crippen LogP contribution in [0.3, 0.4) is 0 Å². The number of nitrogen functional groups attached to an aromatic ring is 1. The van der Waals surface area contributed by atoms with Gasteiger partial charge in [0.15, 0.2) is 0 Å². The second-order valence-corrected chi connectivity index (χ2v) is 5.28.